The number of nitrogens with zero attached hydrogens (tertiary/aromatic N) is 3. The fraction of sp³-hybridized carbons (Fsp3) is 0.250. The normalized spacial score (nSPS) is 14.4. The van der Waals surface area contributed by atoms with Gasteiger partial charge in [0.15, 0.2) is 5.82 Å². The Bertz CT molecular complexity index is 1540. The molecule has 0 saturated carbocycles. The Hall–Kier alpha value is -4.55. The molecule has 0 aliphatic carbocycles. The standard InChI is InChI=1S/C28H23F6N5O2/c29-27(30,31)20-13-19(14-21(15-20)28(32,33)34)26(41)39-11-9-38(10-12-39)25(40)18-7-5-17(6-8-18)16-35-24-22-3-1-2-4-23(22)36-37-24/h1-8,13-15H,9-12,16H2,(H2,35,36,37). The quantitative estimate of drug-likeness (QED) is 0.295. The van der Waals surface area contributed by atoms with E-state index < -0.39 is 35.0 Å². The van der Waals surface area contributed by atoms with Crippen LogP contribution in [0, 0.1) is 0 Å². The Morgan fingerprint density at radius 3 is 1.85 bits per heavy atom. The summed E-state index contributed by atoms with van der Waals surface area (Å²) in [5.74, 6) is -0.559. The highest BCUT2D eigenvalue weighted by Crippen LogP contribution is 2.36. The van der Waals surface area contributed by atoms with E-state index in [2.05, 4.69) is 15.5 Å². The molecule has 41 heavy (non-hydrogen) atoms. The Morgan fingerprint density at radius 1 is 0.756 bits per heavy atom. The van der Waals surface area contributed by atoms with Crippen LogP contribution in [0.1, 0.15) is 37.4 Å². The first kappa shape index (κ1) is 28.0. The number of carbonyl (C=O) groups is 2. The maximum Gasteiger partial charge on any atom is 0.416 e. The van der Waals surface area contributed by atoms with E-state index in [4.69, 9.17) is 0 Å². The summed E-state index contributed by atoms with van der Waals surface area (Å²) in [5.41, 5.74) is -1.60. The largest absolute Gasteiger partial charge is 0.416 e. The van der Waals surface area contributed by atoms with Gasteiger partial charge in [0, 0.05) is 49.2 Å². The number of carbonyl (C=O) groups excluding carboxylic acids is 2. The van der Waals surface area contributed by atoms with Gasteiger partial charge in [0.05, 0.1) is 16.6 Å². The molecule has 0 atom stereocenters. The summed E-state index contributed by atoms with van der Waals surface area (Å²) in [6, 6.07) is 15.4. The van der Waals surface area contributed by atoms with Crippen molar-refractivity contribution in [1.82, 2.24) is 20.0 Å². The number of alkyl halides is 6. The third-order valence-electron chi connectivity index (χ3n) is 6.82. The summed E-state index contributed by atoms with van der Waals surface area (Å²) < 4.78 is 79.1. The van der Waals surface area contributed by atoms with E-state index in [9.17, 15) is 35.9 Å². The van der Waals surface area contributed by atoms with Crippen LogP contribution in [0.5, 0.6) is 0 Å². The molecule has 0 radical (unpaired) electrons. The first-order valence-electron chi connectivity index (χ1n) is 12.5. The molecule has 1 aliphatic rings. The Morgan fingerprint density at radius 2 is 1.29 bits per heavy atom. The monoisotopic (exact) mass is 575 g/mol. The van der Waals surface area contributed by atoms with Crippen LogP contribution < -0.4 is 5.32 Å². The van der Waals surface area contributed by atoms with Crippen molar-refractivity contribution in [2.75, 3.05) is 31.5 Å². The smallest absolute Gasteiger partial charge is 0.364 e. The van der Waals surface area contributed by atoms with Gasteiger partial charge in [-0.05, 0) is 48.0 Å². The number of hydrogen-bond acceptors (Lipinski definition) is 4. The molecular formula is C28H23F6N5O2. The highest BCUT2D eigenvalue weighted by atomic mass is 19.4. The van der Waals surface area contributed by atoms with Gasteiger partial charge in [-0.2, -0.15) is 31.4 Å². The highest BCUT2D eigenvalue weighted by molar-refractivity contribution is 5.96. The molecule has 0 spiro atoms. The summed E-state index contributed by atoms with van der Waals surface area (Å²) in [4.78, 5) is 28.5. The van der Waals surface area contributed by atoms with Gasteiger partial charge in [-0.25, -0.2) is 0 Å². The number of para-hydroxylation sites is 1. The van der Waals surface area contributed by atoms with Crippen LogP contribution in [0.3, 0.4) is 0 Å². The van der Waals surface area contributed by atoms with Gasteiger partial charge in [-0.3, -0.25) is 14.7 Å². The van der Waals surface area contributed by atoms with E-state index in [0.29, 0.717) is 30.1 Å². The van der Waals surface area contributed by atoms with Crippen LogP contribution in [0.2, 0.25) is 0 Å². The van der Waals surface area contributed by atoms with Gasteiger partial charge in [0.2, 0.25) is 0 Å². The fourth-order valence-corrected chi connectivity index (χ4v) is 4.61. The second-order valence-electron chi connectivity index (χ2n) is 9.55. The van der Waals surface area contributed by atoms with Crippen LogP contribution >= 0.6 is 0 Å². The van der Waals surface area contributed by atoms with Gasteiger partial charge < -0.3 is 15.1 Å². The third kappa shape index (κ3) is 6.13. The molecule has 13 heteroatoms. The lowest BCUT2D eigenvalue weighted by atomic mass is 10.0. The van der Waals surface area contributed by atoms with Crippen molar-refractivity contribution in [3.8, 4) is 0 Å². The summed E-state index contributed by atoms with van der Waals surface area (Å²) in [6.45, 7) is 0.537. The zero-order chi connectivity index (χ0) is 29.4. The maximum atomic E-state index is 13.2. The fourth-order valence-electron chi connectivity index (χ4n) is 4.61. The lowest BCUT2D eigenvalue weighted by molar-refractivity contribution is -0.143. The summed E-state index contributed by atoms with van der Waals surface area (Å²) in [5, 5.41) is 11.4. The number of anilines is 1. The van der Waals surface area contributed by atoms with Gasteiger partial charge in [-0.1, -0.05) is 24.3 Å². The second-order valence-corrected chi connectivity index (χ2v) is 9.55. The van der Waals surface area contributed by atoms with E-state index >= 15 is 0 Å². The number of fused-ring (bicyclic) bond motifs is 1. The van der Waals surface area contributed by atoms with Crippen molar-refractivity contribution < 1.29 is 35.9 Å². The first-order valence-corrected chi connectivity index (χ1v) is 12.5. The Labute approximate surface area is 229 Å². The number of rotatable bonds is 5. The number of hydrogen-bond donors (Lipinski definition) is 2. The number of piperazine rings is 1. The van der Waals surface area contributed by atoms with Crippen LogP contribution in [0.15, 0.2) is 66.7 Å². The molecule has 1 aliphatic heterocycles. The van der Waals surface area contributed by atoms with Crippen molar-refractivity contribution in [3.05, 3.63) is 94.5 Å². The number of aromatic nitrogens is 2. The van der Waals surface area contributed by atoms with Gasteiger partial charge in [0.1, 0.15) is 0 Å². The van der Waals surface area contributed by atoms with Crippen molar-refractivity contribution in [3.63, 3.8) is 0 Å². The van der Waals surface area contributed by atoms with Gasteiger partial charge >= 0.3 is 12.4 Å². The van der Waals surface area contributed by atoms with Crippen molar-refractivity contribution in [1.29, 1.82) is 0 Å². The molecule has 2 heterocycles. The van der Waals surface area contributed by atoms with E-state index in [-0.39, 0.29) is 38.2 Å². The molecule has 1 saturated heterocycles. The molecule has 1 fully saturated rings. The molecule has 0 unspecified atom stereocenters. The molecule has 4 aromatic rings. The SMILES string of the molecule is O=C(c1ccc(CNc2n[nH]c3ccccc23)cc1)N1CCN(C(=O)c2cc(C(F)(F)F)cc(C(F)(F)F)c2)CC1. The number of nitrogens with one attached hydrogen (secondary N) is 2. The molecule has 5 rings (SSSR count). The van der Waals surface area contributed by atoms with Crippen molar-refractivity contribution in [2.45, 2.75) is 18.9 Å². The molecule has 3 aromatic carbocycles. The number of amides is 2. The van der Waals surface area contributed by atoms with Crippen LogP contribution in [0.25, 0.3) is 10.9 Å². The molecule has 2 N–H and O–H groups in total. The lowest BCUT2D eigenvalue weighted by Gasteiger charge is -2.35. The molecular weight excluding hydrogens is 552 g/mol. The van der Waals surface area contributed by atoms with E-state index in [1.807, 2.05) is 24.3 Å². The van der Waals surface area contributed by atoms with Crippen molar-refractivity contribution >= 4 is 28.5 Å². The molecule has 214 valence electrons. The highest BCUT2D eigenvalue weighted by Gasteiger charge is 2.38. The molecule has 2 amide bonds. The predicted molar refractivity (Wildman–Crippen MR) is 138 cm³/mol. The molecule has 0 bridgehead atoms. The lowest BCUT2D eigenvalue weighted by Crippen LogP contribution is -2.50. The third-order valence-corrected chi connectivity index (χ3v) is 6.82. The maximum absolute atomic E-state index is 13.2. The van der Waals surface area contributed by atoms with E-state index in [1.54, 1.807) is 24.3 Å². The number of halogens is 6. The Kier molecular flexibility index (Phi) is 7.37. The van der Waals surface area contributed by atoms with Crippen LogP contribution in [-0.2, 0) is 18.9 Å². The average molecular weight is 576 g/mol. The van der Waals surface area contributed by atoms with Gasteiger partial charge in [-0.15, -0.1) is 0 Å². The summed E-state index contributed by atoms with van der Waals surface area (Å²) >= 11 is 0. The number of H-pyrrole nitrogens is 1. The minimum atomic E-state index is -5.06. The zero-order valence-corrected chi connectivity index (χ0v) is 21.3. The number of benzene rings is 3. The minimum absolute atomic E-state index is 0.0200. The second kappa shape index (κ2) is 10.8. The van der Waals surface area contributed by atoms with Crippen molar-refractivity contribution in [2.24, 2.45) is 0 Å². The van der Waals surface area contributed by atoms with Crippen LogP contribution in [-0.4, -0.2) is 58.0 Å². The first-order chi connectivity index (χ1) is 19.4. The number of aromatic amines is 1. The zero-order valence-electron chi connectivity index (χ0n) is 21.3. The topological polar surface area (TPSA) is 81.3 Å². The van der Waals surface area contributed by atoms with E-state index in [0.717, 1.165) is 21.4 Å². The van der Waals surface area contributed by atoms with Crippen LogP contribution in [0.4, 0.5) is 32.2 Å². The molecule has 7 nitrogen and oxygen atoms in total. The predicted octanol–water partition coefficient (Wildman–Crippen LogP) is 5.81. The average Bonchev–Trinajstić information content (AvgIpc) is 3.37. The van der Waals surface area contributed by atoms with E-state index in [1.165, 1.54) is 4.90 Å². The summed E-state index contributed by atoms with van der Waals surface area (Å²) in [6.07, 6.45) is -10.1. The minimum Gasteiger partial charge on any atom is -0.364 e. The molecule has 1 aromatic heterocycles. The van der Waals surface area contributed by atoms with Gasteiger partial charge in [0.25, 0.3) is 11.8 Å². The Balaban J connectivity index is 1.19. The summed E-state index contributed by atoms with van der Waals surface area (Å²) in [7, 11) is 0.